The quantitative estimate of drug-likeness (QED) is 0.867. The lowest BCUT2D eigenvalue weighted by molar-refractivity contribution is -0.183. The predicted octanol–water partition coefficient (Wildman–Crippen LogP) is 3.03. The van der Waals surface area contributed by atoms with Gasteiger partial charge in [-0.25, -0.2) is 0 Å². The van der Waals surface area contributed by atoms with E-state index < -0.39 is 30.2 Å². The number of benzene rings is 1. The lowest BCUT2D eigenvalue weighted by atomic mass is 9.98. The van der Waals surface area contributed by atoms with Crippen LogP contribution in [-0.2, 0) is 4.79 Å². The summed E-state index contributed by atoms with van der Waals surface area (Å²) in [6.45, 7) is 1.17. The van der Waals surface area contributed by atoms with Crippen molar-refractivity contribution in [2.75, 3.05) is 13.6 Å². The monoisotopic (exact) mass is 339 g/mol. The Morgan fingerprint density at radius 1 is 1.38 bits per heavy atom. The highest BCUT2D eigenvalue weighted by molar-refractivity contribution is 5.79. The Hall–Kier alpha value is -2.07. The number of carbonyl (C=O) groups is 1. The number of hydrogen-bond donors (Lipinski definition) is 1. The van der Waals surface area contributed by atoms with Crippen molar-refractivity contribution in [2.45, 2.75) is 37.5 Å². The third kappa shape index (κ3) is 4.26. The van der Waals surface area contributed by atoms with Gasteiger partial charge in [0.25, 0.3) is 0 Å². The van der Waals surface area contributed by atoms with Crippen LogP contribution in [0.25, 0.3) is 0 Å². The van der Waals surface area contributed by atoms with Gasteiger partial charge in [0, 0.05) is 0 Å². The van der Waals surface area contributed by atoms with Crippen molar-refractivity contribution in [2.24, 2.45) is 5.92 Å². The average molecular weight is 339 g/mol. The van der Waals surface area contributed by atoms with E-state index in [1.807, 2.05) is 0 Å². The molecule has 1 N–H and O–H groups in total. The molecule has 0 bridgehead atoms. The molecule has 0 aliphatic heterocycles. The summed E-state index contributed by atoms with van der Waals surface area (Å²) in [6, 6.07) is 7.65. The van der Waals surface area contributed by atoms with Gasteiger partial charge in [0.2, 0.25) is 5.91 Å². The second-order valence-corrected chi connectivity index (χ2v) is 6.41. The van der Waals surface area contributed by atoms with Gasteiger partial charge in [0.15, 0.2) is 0 Å². The van der Waals surface area contributed by atoms with Crippen LogP contribution in [0.3, 0.4) is 0 Å². The van der Waals surface area contributed by atoms with Crippen molar-refractivity contribution < 1.29 is 18.0 Å². The number of hydrogen-bond acceptors (Lipinski definition) is 3. The van der Waals surface area contributed by atoms with E-state index in [2.05, 4.69) is 11.4 Å². The first kappa shape index (κ1) is 18.3. The van der Waals surface area contributed by atoms with Crippen LogP contribution in [0.1, 0.15) is 31.4 Å². The Morgan fingerprint density at radius 3 is 2.42 bits per heavy atom. The molecule has 2 rings (SSSR count). The molecule has 0 heterocycles. The minimum absolute atomic E-state index is 0.0734. The third-order valence-electron chi connectivity index (χ3n) is 4.28. The summed E-state index contributed by atoms with van der Waals surface area (Å²) in [4.78, 5) is 13.1. The zero-order valence-electron chi connectivity index (χ0n) is 13.6. The molecule has 1 fully saturated rings. The number of rotatable bonds is 6. The van der Waals surface area contributed by atoms with E-state index in [1.54, 1.807) is 13.0 Å². The number of likely N-dealkylation sites (N-methyl/N-ethyl adjacent to an activating group) is 1. The van der Waals surface area contributed by atoms with Crippen LogP contribution in [0.5, 0.6) is 0 Å². The molecule has 1 amide bonds. The first-order chi connectivity index (χ1) is 11.2. The molecular weight excluding hydrogens is 319 g/mol. The van der Waals surface area contributed by atoms with Crippen LogP contribution >= 0.6 is 0 Å². The fraction of sp³-hybridized carbons (Fsp3) is 0.529. The Bertz CT molecular complexity index is 622. The molecule has 130 valence electrons. The lowest BCUT2D eigenvalue weighted by Crippen LogP contribution is -2.51. The van der Waals surface area contributed by atoms with Gasteiger partial charge in [-0.1, -0.05) is 30.3 Å². The van der Waals surface area contributed by atoms with E-state index >= 15 is 0 Å². The molecule has 1 aromatic carbocycles. The van der Waals surface area contributed by atoms with Gasteiger partial charge in [-0.3, -0.25) is 9.69 Å². The summed E-state index contributed by atoms with van der Waals surface area (Å²) in [6.07, 6.45) is -2.82. The van der Waals surface area contributed by atoms with Crippen LogP contribution in [-0.4, -0.2) is 36.1 Å². The molecule has 1 saturated carbocycles. The molecule has 2 atom stereocenters. The molecule has 1 aliphatic rings. The highest BCUT2D eigenvalue weighted by Crippen LogP contribution is 2.39. The zero-order chi connectivity index (χ0) is 18.0. The van der Waals surface area contributed by atoms with Crippen molar-refractivity contribution in [3.8, 4) is 6.07 Å². The van der Waals surface area contributed by atoms with E-state index in [-0.39, 0.29) is 11.5 Å². The summed E-state index contributed by atoms with van der Waals surface area (Å²) >= 11 is 0. The van der Waals surface area contributed by atoms with Crippen LogP contribution < -0.4 is 5.32 Å². The fourth-order valence-electron chi connectivity index (χ4n) is 2.86. The fourth-order valence-corrected chi connectivity index (χ4v) is 2.86. The zero-order valence-corrected chi connectivity index (χ0v) is 13.6. The summed E-state index contributed by atoms with van der Waals surface area (Å²) in [5.41, 5.74) is -0.941. The van der Waals surface area contributed by atoms with E-state index in [0.717, 1.165) is 17.7 Å². The summed E-state index contributed by atoms with van der Waals surface area (Å²) in [5, 5.41) is 11.8. The van der Waals surface area contributed by atoms with Crippen molar-refractivity contribution in [1.29, 1.82) is 5.26 Å². The van der Waals surface area contributed by atoms with Crippen molar-refractivity contribution >= 4 is 5.91 Å². The molecule has 0 unspecified atom stereocenters. The normalized spacial score (nSPS) is 18.5. The molecule has 1 aliphatic carbocycles. The maximum atomic E-state index is 13.4. The van der Waals surface area contributed by atoms with Crippen molar-refractivity contribution in [3.63, 3.8) is 0 Å². The molecule has 0 saturated heterocycles. The smallest absolute Gasteiger partial charge is 0.337 e. The van der Waals surface area contributed by atoms with E-state index in [9.17, 15) is 23.2 Å². The van der Waals surface area contributed by atoms with Gasteiger partial charge in [-0.05, 0) is 38.3 Å². The van der Waals surface area contributed by atoms with Crippen molar-refractivity contribution in [1.82, 2.24) is 10.2 Å². The molecule has 0 spiro atoms. The molecule has 1 aromatic rings. The topological polar surface area (TPSA) is 56.1 Å². The largest absolute Gasteiger partial charge is 0.408 e. The lowest BCUT2D eigenvalue weighted by Gasteiger charge is -2.31. The Kier molecular flexibility index (Phi) is 5.19. The Balaban J connectivity index is 2.09. The van der Waals surface area contributed by atoms with Crippen LogP contribution in [0.4, 0.5) is 13.2 Å². The SMILES string of the molecule is CN(CC(=O)N[C@](C)(C#N)C1CC1)[C@@H](c1ccccc1)C(F)(F)F. The van der Waals surface area contributed by atoms with Crippen LogP contribution in [0.2, 0.25) is 0 Å². The van der Waals surface area contributed by atoms with E-state index in [1.165, 1.54) is 31.3 Å². The number of nitrogens with zero attached hydrogens (tertiary/aromatic N) is 2. The van der Waals surface area contributed by atoms with E-state index in [0.29, 0.717) is 0 Å². The molecule has 0 radical (unpaired) electrons. The van der Waals surface area contributed by atoms with Gasteiger partial charge < -0.3 is 5.32 Å². The maximum absolute atomic E-state index is 13.4. The van der Waals surface area contributed by atoms with Crippen LogP contribution in [0.15, 0.2) is 30.3 Å². The second-order valence-electron chi connectivity index (χ2n) is 6.41. The van der Waals surface area contributed by atoms with Gasteiger partial charge in [0.1, 0.15) is 11.6 Å². The minimum Gasteiger partial charge on any atom is -0.337 e. The number of amides is 1. The second kappa shape index (κ2) is 6.81. The first-order valence-corrected chi connectivity index (χ1v) is 7.71. The molecule has 7 heteroatoms. The Morgan fingerprint density at radius 2 is 1.96 bits per heavy atom. The molecule has 24 heavy (non-hydrogen) atoms. The number of alkyl halides is 3. The molecular formula is C17H20F3N3O. The number of nitrogens with one attached hydrogen (secondary N) is 1. The Labute approximate surface area is 139 Å². The summed E-state index contributed by atoms with van der Waals surface area (Å²) < 4.78 is 40.3. The predicted molar refractivity (Wildman–Crippen MR) is 82.8 cm³/mol. The standard InChI is InChI=1S/C17H20F3N3O/c1-16(11-21,13-8-9-13)22-14(24)10-23(2)15(17(18,19)20)12-6-4-3-5-7-12/h3-7,13,15H,8-10H2,1-2H3,(H,22,24)/t15-,16+/m0/s1. The number of carbonyl (C=O) groups excluding carboxylic acids is 1. The maximum Gasteiger partial charge on any atom is 0.408 e. The molecule has 4 nitrogen and oxygen atoms in total. The molecule has 0 aromatic heterocycles. The van der Waals surface area contributed by atoms with Crippen molar-refractivity contribution in [3.05, 3.63) is 35.9 Å². The van der Waals surface area contributed by atoms with Gasteiger partial charge in [-0.15, -0.1) is 0 Å². The summed E-state index contributed by atoms with van der Waals surface area (Å²) in [5.74, 6) is -0.511. The number of halogens is 3. The number of nitriles is 1. The minimum atomic E-state index is -4.51. The highest BCUT2D eigenvalue weighted by atomic mass is 19.4. The highest BCUT2D eigenvalue weighted by Gasteiger charge is 2.45. The van der Waals surface area contributed by atoms with E-state index in [4.69, 9.17) is 0 Å². The average Bonchev–Trinajstić information content (AvgIpc) is 3.31. The van der Waals surface area contributed by atoms with Gasteiger partial charge in [-0.2, -0.15) is 18.4 Å². The third-order valence-corrected chi connectivity index (χ3v) is 4.28. The van der Waals surface area contributed by atoms with Gasteiger partial charge in [0.05, 0.1) is 12.6 Å². The van der Waals surface area contributed by atoms with Crippen LogP contribution in [0, 0.1) is 17.2 Å². The first-order valence-electron chi connectivity index (χ1n) is 7.71. The van der Waals surface area contributed by atoms with Gasteiger partial charge >= 0.3 is 6.18 Å². The summed E-state index contributed by atoms with van der Waals surface area (Å²) in [7, 11) is 1.26.